The lowest BCUT2D eigenvalue weighted by atomic mass is 10.1. The minimum Gasteiger partial charge on any atom is -0.391 e. The molecule has 1 aromatic carbocycles. The van der Waals surface area contributed by atoms with Crippen molar-refractivity contribution in [1.82, 2.24) is 10.3 Å². The zero-order valence-electron chi connectivity index (χ0n) is 11.8. The van der Waals surface area contributed by atoms with E-state index >= 15 is 0 Å². The minimum absolute atomic E-state index is 0.0235. The molecule has 1 aliphatic carbocycles. The van der Waals surface area contributed by atoms with E-state index in [1.807, 2.05) is 12.1 Å². The Morgan fingerprint density at radius 1 is 1.40 bits per heavy atom. The molecule has 1 aliphatic rings. The van der Waals surface area contributed by atoms with Crippen molar-refractivity contribution in [3.05, 3.63) is 51.5 Å². The molecule has 0 amide bonds. The molecule has 1 aromatic heterocycles. The first-order valence-electron chi connectivity index (χ1n) is 7.08. The Kier molecular flexibility index (Phi) is 3.87. The van der Waals surface area contributed by atoms with E-state index in [9.17, 15) is 5.11 Å². The van der Waals surface area contributed by atoms with Crippen LogP contribution in [0.3, 0.4) is 0 Å². The number of aliphatic hydroxyl groups excluding tert-OH is 1. The van der Waals surface area contributed by atoms with Gasteiger partial charge in [0.15, 0.2) is 0 Å². The van der Waals surface area contributed by atoms with E-state index in [4.69, 9.17) is 0 Å². The molecule has 1 heterocycles. The van der Waals surface area contributed by atoms with Crippen molar-refractivity contribution in [2.75, 3.05) is 0 Å². The highest BCUT2D eigenvalue weighted by Gasteiger charge is 2.30. The van der Waals surface area contributed by atoms with E-state index in [0.29, 0.717) is 12.5 Å². The first-order valence-corrected chi connectivity index (χ1v) is 7.96. The van der Waals surface area contributed by atoms with Gasteiger partial charge < -0.3 is 10.4 Å². The van der Waals surface area contributed by atoms with Crippen molar-refractivity contribution in [1.29, 1.82) is 0 Å². The predicted molar refractivity (Wildman–Crippen MR) is 81.9 cm³/mol. The molecule has 0 spiro atoms. The third-order valence-electron chi connectivity index (χ3n) is 3.77. The van der Waals surface area contributed by atoms with E-state index in [1.54, 1.807) is 11.3 Å². The molecule has 0 fully saturated rings. The number of benzene rings is 1. The first kappa shape index (κ1) is 13.7. The summed E-state index contributed by atoms with van der Waals surface area (Å²) in [5, 5.41) is 16.9. The molecule has 4 heteroatoms. The second kappa shape index (κ2) is 5.64. The third kappa shape index (κ3) is 2.64. The molecule has 0 aliphatic heterocycles. The van der Waals surface area contributed by atoms with Crippen molar-refractivity contribution in [3.8, 4) is 0 Å². The lowest BCUT2D eigenvalue weighted by molar-refractivity contribution is 0.140. The number of fused-ring (bicyclic) bond motifs is 1. The summed E-state index contributed by atoms with van der Waals surface area (Å²) < 4.78 is 0. The number of hydrogen-bond donors (Lipinski definition) is 2. The summed E-state index contributed by atoms with van der Waals surface area (Å²) >= 11 is 1.71. The predicted octanol–water partition coefficient (Wildman–Crippen LogP) is 3.01. The van der Waals surface area contributed by atoms with Gasteiger partial charge in [-0.15, -0.1) is 11.3 Å². The Hall–Kier alpha value is -1.23. The standard InChI is InChI=1S/C16H20N2OS/c1-10(2)16-18-12(9-20-16)8-17-15-13-6-4-3-5-11(13)7-14(15)19/h3-6,9-10,14-15,17,19H,7-8H2,1-2H3/t14-,15+/m0/s1. The van der Waals surface area contributed by atoms with Crippen LogP contribution in [0.2, 0.25) is 0 Å². The number of aromatic nitrogens is 1. The zero-order valence-corrected chi connectivity index (χ0v) is 12.7. The number of thiazole rings is 1. The molecule has 106 valence electrons. The highest BCUT2D eigenvalue weighted by atomic mass is 32.1. The van der Waals surface area contributed by atoms with E-state index < -0.39 is 0 Å². The number of nitrogens with one attached hydrogen (secondary N) is 1. The van der Waals surface area contributed by atoms with E-state index in [1.165, 1.54) is 16.1 Å². The Bertz CT molecular complexity index is 594. The van der Waals surface area contributed by atoms with Crippen LogP contribution in [0, 0.1) is 0 Å². The van der Waals surface area contributed by atoms with Gasteiger partial charge in [-0.3, -0.25) is 0 Å². The Balaban J connectivity index is 1.69. The van der Waals surface area contributed by atoms with Crippen LogP contribution in [-0.2, 0) is 13.0 Å². The van der Waals surface area contributed by atoms with Gasteiger partial charge in [0.1, 0.15) is 0 Å². The maximum Gasteiger partial charge on any atom is 0.0954 e. The second-order valence-electron chi connectivity index (χ2n) is 5.66. The van der Waals surface area contributed by atoms with Crippen LogP contribution in [0.15, 0.2) is 29.6 Å². The highest BCUT2D eigenvalue weighted by molar-refractivity contribution is 7.09. The summed E-state index contributed by atoms with van der Waals surface area (Å²) in [4.78, 5) is 4.63. The van der Waals surface area contributed by atoms with Crippen LogP contribution in [0.1, 0.15) is 47.6 Å². The molecule has 3 nitrogen and oxygen atoms in total. The number of rotatable bonds is 4. The van der Waals surface area contributed by atoms with Gasteiger partial charge in [-0.2, -0.15) is 0 Å². The summed E-state index contributed by atoms with van der Waals surface area (Å²) in [5.41, 5.74) is 3.54. The third-order valence-corrected chi connectivity index (χ3v) is 4.96. The first-order chi connectivity index (χ1) is 9.65. The lowest BCUT2D eigenvalue weighted by Gasteiger charge is -2.17. The van der Waals surface area contributed by atoms with Gasteiger partial charge in [-0.05, 0) is 11.1 Å². The topological polar surface area (TPSA) is 45.2 Å². The molecule has 0 radical (unpaired) electrons. The molecule has 0 bridgehead atoms. The van der Waals surface area contributed by atoms with Crippen LogP contribution in [0.4, 0.5) is 0 Å². The fourth-order valence-electron chi connectivity index (χ4n) is 2.70. The molecule has 0 saturated heterocycles. The fourth-order valence-corrected chi connectivity index (χ4v) is 3.54. The van der Waals surface area contributed by atoms with Crippen LogP contribution in [0.25, 0.3) is 0 Å². The number of aliphatic hydroxyl groups is 1. The van der Waals surface area contributed by atoms with Gasteiger partial charge in [0.05, 0.1) is 22.8 Å². The maximum atomic E-state index is 10.2. The summed E-state index contributed by atoms with van der Waals surface area (Å²) in [5.74, 6) is 0.478. The number of nitrogens with zero attached hydrogens (tertiary/aromatic N) is 1. The maximum absolute atomic E-state index is 10.2. The van der Waals surface area contributed by atoms with Crippen molar-refractivity contribution >= 4 is 11.3 Å². The molecular formula is C16H20N2OS. The monoisotopic (exact) mass is 288 g/mol. The quantitative estimate of drug-likeness (QED) is 0.909. The van der Waals surface area contributed by atoms with Crippen molar-refractivity contribution in [3.63, 3.8) is 0 Å². The van der Waals surface area contributed by atoms with E-state index in [-0.39, 0.29) is 12.1 Å². The Morgan fingerprint density at radius 3 is 2.95 bits per heavy atom. The van der Waals surface area contributed by atoms with Crippen LogP contribution < -0.4 is 5.32 Å². The lowest BCUT2D eigenvalue weighted by Crippen LogP contribution is -2.28. The van der Waals surface area contributed by atoms with Gasteiger partial charge in [-0.1, -0.05) is 38.1 Å². The van der Waals surface area contributed by atoms with Crippen molar-refractivity contribution in [2.45, 2.75) is 44.9 Å². The largest absolute Gasteiger partial charge is 0.391 e. The minimum atomic E-state index is -0.337. The normalized spacial score (nSPS) is 21.4. The summed E-state index contributed by atoms with van der Waals surface area (Å²) in [6.45, 7) is 5.03. The fraction of sp³-hybridized carbons (Fsp3) is 0.438. The van der Waals surface area contributed by atoms with Gasteiger partial charge in [0.2, 0.25) is 0 Å². The van der Waals surface area contributed by atoms with Gasteiger partial charge in [-0.25, -0.2) is 4.98 Å². The molecule has 2 aromatic rings. The Morgan fingerprint density at radius 2 is 2.20 bits per heavy atom. The summed E-state index contributed by atoms with van der Waals surface area (Å²) in [6.07, 6.45) is 0.401. The second-order valence-corrected chi connectivity index (χ2v) is 6.55. The van der Waals surface area contributed by atoms with Gasteiger partial charge >= 0.3 is 0 Å². The van der Waals surface area contributed by atoms with E-state index in [0.717, 1.165) is 12.1 Å². The molecule has 3 rings (SSSR count). The van der Waals surface area contributed by atoms with Crippen LogP contribution in [0.5, 0.6) is 0 Å². The summed E-state index contributed by atoms with van der Waals surface area (Å²) in [7, 11) is 0. The Labute approximate surface area is 123 Å². The smallest absolute Gasteiger partial charge is 0.0954 e. The van der Waals surface area contributed by atoms with Crippen molar-refractivity contribution < 1.29 is 5.11 Å². The highest BCUT2D eigenvalue weighted by Crippen LogP contribution is 2.31. The average Bonchev–Trinajstić information content (AvgIpc) is 3.00. The van der Waals surface area contributed by atoms with Gasteiger partial charge in [0, 0.05) is 24.3 Å². The molecule has 0 saturated carbocycles. The average molecular weight is 288 g/mol. The van der Waals surface area contributed by atoms with Gasteiger partial charge in [0.25, 0.3) is 0 Å². The SMILES string of the molecule is CC(C)c1nc(CN[C@@H]2c3ccccc3C[C@@H]2O)cs1. The van der Waals surface area contributed by atoms with Crippen LogP contribution in [-0.4, -0.2) is 16.2 Å². The number of hydrogen-bond acceptors (Lipinski definition) is 4. The molecule has 20 heavy (non-hydrogen) atoms. The molecule has 2 atom stereocenters. The van der Waals surface area contributed by atoms with E-state index in [2.05, 4.69) is 41.7 Å². The molecular weight excluding hydrogens is 268 g/mol. The molecule has 2 N–H and O–H groups in total. The van der Waals surface area contributed by atoms with Crippen molar-refractivity contribution in [2.24, 2.45) is 0 Å². The summed E-state index contributed by atoms with van der Waals surface area (Å²) in [6, 6.07) is 8.29. The van der Waals surface area contributed by atoms with Crippen LogP contribution >= 0.6 is 11.3 Å². The zero-order chi connectivity index (χ0) is 14.1. The molecule has 0 unspecified atom stereocenters.